The Morgan fingerprint density at radius 1 is 1.36 bits per heavy atom. The second kappa shape index (κ2) is 4.96. The van der Waals surface area contributed by atoms with Gasteiger partial charge in [-0.1, -0.05) is 12.1 Å². The summed E-state index contributed by atoms with van der Waals surface area (Å²) < 4.78 is 0.983. The lowest BCUT2D eigenvalue weighted by Gasteiger charge is -2.07. The Morgan fingerprint density at radius 2 is 2.00 bits per heavy atom. The summed E-state index contributed by atoms with van der Waals surface area (Å²) in [6.07, 6.45) is 1.57. The van der Waals surface area contributed by atoms with Crippen molar-refractivity contribution in [1.82, 2.24) is 0 Å². The fourth-order valence-corrected chi connectivity index (χ4v) is 1.50. The molecule has 1 aromatic carbocycles. The van der Waals surface area contributed by atoms with Gasteiger partial charge in [-0.05, 0) is 48.0 Å². The minimum Gasteiger partial charge on any atom is -0.358 e. The lowest BCUT2D eigenvalue weighted by atomic mass is 10.3. The Bertz CT molecular complexity index is 371. The van der Waals surface area contributed by atoms with Crippen LogP contribution in [-0.2, 0) is 4.79 Å². The number of halogens is 1. The Labute approximate surface area is 92.1 Å². The molecule has 0 spiro atoms. The monoisotopic (exact) mass is 253 g/mol. The van der Waals surface area contributed by atoms with Gasteiger partial charge in [0.2, 0.25) is 0 Å². The van der Waals surface area contributed by atoms with Gasteiger partial charge in [-0.2, -0.15) is 0 Å². The molecule has 0 saturated carbocycles. The molecule has 0 aliphatic carbocycles. The zero-order valence-electron chi connectivity index (χ0n) is 8.17. The van der Waals surface area contributed by atoms with Crippen LogP contribution in [0.3, 0.4) is 0 Å². The van der Waals surface area contributed by atoms with Gasteiger partial charge >= 0.3 is 0 Å². The number of allylic oxidation sites excluding steroid dienone is 2. The summed E-state index contributed by atoms with van der Waals surface area (Å²) in [5, 5.41) is 3.13. The molecule has 0 aliphatic heterocycles. The van der Waals surface area contributed by atoms with Crippen molar-refractivity contribution in [2.75, 3.05) is 5.32 Å². The lowest BCUT2D eigenvalue weighted by Crippen LogP contribution is -1.98. The van der Waals surface area contributed by atoms with E-state index in [1.54, 1.807) is 6.08 Å². The van der Waals surface area contributed by atoms with Crippen molar-refractivity contribution in [3.8, 4) is 0 Å². The van der Waals surface area contributed by atoms with Gasteiger partial charge in [0.05, 0.1) is 5.69 Å². The third kappa shape index (κ3) is 3.34. The Hall–Kier alpha value is -1.09. The summed E-state index contributed by atoms with van der Waals surface area (Å²) in [7, 11) is 0. The SMILES string of the molecule is CC(=O)/C=C(\C)Nc1ccccc1Br. The van der Waals surface area contributed by atoms with E-state index in [4.69, 9.17) is 0 Å². The van der Waals surface area contributed by atoms with Crippen molar-refractivity contribution in [3.05, 3.63) is 40.5 Å². The predicted octanol–water partition coefficient (Wildman–Crippen LogP) is 3.35. The first kappa shape index (κ1) is 11.0. The number of hydrogen-bond acceptors (Lipinski definition) is 2. The van der Waals surface area contributed by atoms with E-state index in [-0.39, 0.29) is 5.78 Å². The molecule has 1 N–H and O–H groups in total. The van der Waals surface area contributed by atoms with Gasteiger partial charge in [-0.3, -0.25) is 4.79 Å². The number of hydrogen-bond donors (Lipinski definition) is 1. The highest BCUT2D eigenvalue weighted by Crippen LogP contribution is 2.22. The number of carbonyl (C=O) groups is 1. The van der Waals surface area contributed by atoms with Crippen LogP contribution in [0.1, 0.15) is 13.8 Å². The largest absolute Gasteiger partial charge is 0.358 e. The molecule has 14 heavy (non-hydrogen) atoms. The smallest absolute Gasteiger partial charge is 0.154 e. The molecule has 0 aromatic heterocycles. The summed E-state index contributed by atoms with van der Waals surface area (Å²) in [6, 6.07) is 7.78. The molecule has 2 nitrogen and oxygen atoms in total. The summed E-state index contributed by atoms with van der Waals surface area (Å²) in [5.74, 6) is 0.0436. The number of para-hydroxylation sites is 1. The van der Waals surface area contributed by atoms with Gasteiger partial charge in [-0.15, -0.1) is 0 Å². The number of nitrogens with one attached hydrogen (secondary N) is 1. The van der Waals surface area contributed by atoms with Crippen molar-refractivity contribution < 1.29 is 4.79 Å². The van der Waals surface area contributed by atoms with E-state index in [1.165, 1.54) is 6.92 Å². The molecular weight excluding hydrogens is 242 g/mol. The molecule has 0 fully saturated rings. The quantitative estimate of drug-likeness (QED) is 0.838. The average Bonchev–Trinajstić information content (AvgIpc) is 2.07. The van der Waals surface area contributed by atoms with Crippen molar-refractivity contribution >= 4 is 27.4 Å². The summed E-state index contributed by atoms with van der Waals surface area (Å²) in [6.45, 7) is 3.39. The molecule has 0 aliphatic rings. The van der Waals surface area contributed by atoms with Crippen LogP contribution in [0.2, 0.25) is 0 Å². The Morgan fingerprint density at radius 3 is 2.57 bits per heavy atom. The molecule has 0 bridgehead atoms. The van der Waals surface area contributed by atoms with Crippen molar-refractivity contribution in [2.45, 2.75) is 13.8 Å². The molecular formula is C11H12BrNO. The van der Waals surface area contributed by atoms with Crippen molar-refractivity contribution in [3.63, 3.8) is 0 Å². The van der Waals surface area contributed by atoms with Gasteiger partial charge in [0, 0.05) is 10.2 Å². The van der Waals surface area contributed by atoms with Crippen LogP contribution in [0.25, 0.3) is 0 Å². The first-order chi connectivity index (χ1) is 6.59. The van der Waals surface area contributed by atoms with Crippen LogP contribution in [0.5, 0.6) is 0 Å². The van der Waals surface area contributed by atoms with Crippen LogP contribution in [0.4, 0.5) is 5.69 Å². The number of rotatable bonds is 3. The first-order valence-electron chi connectivity index (χ1n) is 4.30. The van der Waals surface area contributed by atoms with E-state index in [1.807, 2.05) is 31.2 Å². The molecule has 0 radical (unpaired) electrons. The minimum atomic E-state index is 0.0436. The topological polar surface area (TPSA) is 29.1 Å². The predicted molar refractivity (Wildman–Crippen MR) is 62.2 cm³/mol. The Balaban J connectivity index is 2.79. The zero-order valence-corrected chi connectivity index (χ0v) is 9.76. The van der Waals surface area contributed by atoms with E-state index < -0.39 is 0 Å². The van der Waals surface area contributed by atoms with Gasteiger partial charge in [0.15, 0.2) is 5.78 Å². The maximum atomic E-state index is 10.8. The molecule has 1 rings (SSSR count). The zero-order chi connectivity index (χ0) is 10.6. The third-order valence-corrected chi connectivity index (χ3v) is 2.32. The van der Waals surface area contributed by atoms with Crippen molar-refractivity contribution in [2.24, 2.45) is 0 Å². The van der Waals surface area contributed by atoms with Crippen LogP contribution in [0, 0.1) is 0 Å². The third-order valence-electron chi connectivity index (χ3n) is 1.63. The van der Waals surface area contributed by atoms with E-state index >= 15 is 0 Å². The number of benzene rings is 1. The molecule has 3 heteroatoms. The highest BCUT2D eigenvalue weighted by molar-refractivity contribution is 9.10. The van der Waals surface area contributed by atoms with Gasteiger partial charge < -0.3 is 5.32 Å². The number of carbonyl (C=O) groups excluding carboxylic acids is 1. The average molecular weight is 254 g/mol. The molecule has 0 heterocycles. The van der Waals surface area contributed by atoms with Gasteiger partial charge in [0.1, 0.15) is 0 Å². The van der Waals surface area contributed by atoms with Crippen molar-refractivity contribution in [1.29, 1.82) is 0 Å². The van der Waals surface area contributed by atoms with E-state index in [0.29, 0.717) is 0 Å². The van der Waals surface area contributed by atoms with E-state index in [9.17, 15) is 4.79 Å². The fourth-order valence-electron chi connectivity index (χ4n) is 1.12. The first-order valence-corrected chi connectivity index (χ1v) is 5.09. The van der Waals surface area contributed by atoms with Crippen LogP contribution < -0.4 is 5.32 Å². The molecule has 74 valence electrons. The number of ketones is 1. The fraction of sp³-hybridized carbons (Fsp3) is 0.182. The van der Waals surface area contributed by atoms with Gasteiger partial charge in [-0.25, -0.2) is 0 Å². The lowest BCUT2D eigenvalue weighted by molar-refractivity contribution is -0.112. The standard InChI is InChI=1S/C11H12BrNO/c1-8(7-9(2)14)13-11-6-4-3-5-10(11)12/h3-7,13H,1-2H3/b8-7+. The maximum absolute atomic E-state index is 10.8. The second-order valence-electron chi connectivity index (χ2n) is 3.04. The molecule has 0 amide bonds. The molecule has 0 unspecified atom stereocenters. The molecule has 0 atom stereocenters. The summed E-state index contributed by atoms with van der Waals surface area (Å²) >= 11 is 3.42. The highest BCUT2D eigenvalue weighted by atomic mass is 79.9. The second-order valence-corrected chi connectivity index (χ2v) is 3.90. The van der Waals surface area contributed by atoms with Crippen LogP contribution >= 0.6 is 15.9 Å². The summed E-state index contributed by atoms with van der Waals surface area (Å²) in [5.41, 5.74) is 1.80. The molecule has 1 aromatic rings. The van der Waals surface area contributed by atoms with Crippen LogP contribution in [-0.4, -0.2) is 5.78 Å². The van der Waals surface area contributed by atoms with E-state index in [0.717, 1.165) is 15.9 Å². The highest BCUT2D eigenvalue weighted by Gasteiger charge is 1.98. The van der Waals surface area contributed by atoms with E-state index in [2.05, 4.69) is 21.2 Å². The number of anilines is 1. The molecule has 0 saturated heterocycles. The van der Waals surface area contributed by atoms with Crippen LogP contribution in [0.15, 0.2) is 40.5 Å². The Kier molecular flexibility index (Phi) is 3.89. The maximum Gasteiger partial charge on any atom is 0.154 e. The normalized spacial score (nSPS) is 11.2. The van der Waals surface area contributed by atoms with Gasteiger partial charge in [0.25, 0.3) is 0 Å². The minimum absolute atomic E-state index is 0.0436. The summed E-state index contributed by atoms with van der Waals surface area (Å²) in [4.78, 5) is 10.8.